The van der Waals surface area contributed by atoms with Gasteiger partial charge in [-0.3, -0.25) is 29.2 Å². The summed E-state index contributed by atoms with van der Waals surface area (Å²) < 4.78 is 0. The van der Waals surface area contributed by atoms with Crippen molar-refractivity contribution in [3.63, 3.8) is 0 Å². The van der Waals surface area contributed by atoms with Crippen LogP contribution in [0.3, 0.4) is 0 Å². The minimum Gasteiger partial charge on any atom is -0.348 e. The molecule has 9 nitrogen and oxygen atoms in total. The molecule has 0 bridgehead atoms. The van der Waals surface area contributed by atoms with Gasteiger partial charge in [0.05, 0.1) is 12.0 Å². The van der Waals surface area contributed by atoms with Gasteiger partial charge in [-0.15, -0.1) is 0 Å². The molecule has 2 atom stereocenters. The number of nitrogens with one attached hydrogen (secondary N) is 1. The number of aromatic nitrogens is 1. The number of amides is 3. The average molecular weight is 483 g/mol. The van der Waals surface area contributed by atoms with Crippen LogP contribution in [0.4, 0.5) is 0 Å². The van der Waals surface area contributed by atoms with Crippen molar-refractivity contribution in [1.29, 1.82) is 0 Å². The molecule has 5 heterocycles. The van der Waals surface area contributed by atoms with Crippen molar-refractivity contribution < 1.29 is 14.4 Å². The molecule has 0 aromatic carbocycles. The predicted molar refractivity (Wildman–Crippen MR) is 131 cm³/mol. The van der Waals surface area contributed by atoms with Gasteiger partial charge >= 0.3 is 0 Å². The molecule has 4 saturated heterocycles. The van der Waals surface area contributed by atoms with E-state index in [0.717, 1.165) is 58.4 Å². The van der Waals surface area contributed by atoms with E-state index in [1.807, 2.05) is 34.3 Å². The highest BCUT2D eigenvalue weighted by Gasteiger charge is 2.49. The zero-order valence-corrected chi connectivity index (χ0v) is 21.0. The molecule has 1 aromatic heterocycles. The Morgan fingerprint density at radius 3 is 2.46 bits per heavy atom. The molecule has 1 aromatic rings. The first-order valence-electron chi connectivity index (χ1n) is 13.0. The lowest BCUT2D eigenvalue weighted by molar-refractivity contribution is -0.136. The summed E-state index contributed by atoms with van der Waals surface area (Å²) in [6, 6.07) is 4.26. The van der Waals surface area contributed by atoms with E-state index in [4.69, 9.17) is 0 Å². The monoisotopic (exact) mass is 482 g/mol. The highest BCUT2D eigenvalue weighted by molar-refractivity contribution is 5.92. The van der Waals surface area contributed by atoms with Crippen LogP contribution in [-0.4, -0.2) is 106 Å². The van der Waals surface area contributed by atoms with Crippen LogP contribution in [0, 0.1) is 0 Å². The van der Waals surface area contributed by atoms with Gasteiger partial charge in [0.1, 0.15) is 6.04 Å². The first-order valence-corrected chi connectivity index (χ1v) is 13.0. The smallest absolute Gasteiger partial charge is 0.243 e. The second-order valence-electron chi connectivity index (χ2n) is 10.9. The van der Waals surface area contributed by atoms with Crippen molar-refractivity contribution >= 4 is 17.7 Å². The molecule has 5 rings (SSSR count). The number of rotatable bonds is 4. The molecule has 4 fully saturated rings. The summed E-state index contributed by atoms with van der Waals surface area (Å²) >= 11 is 0. The quantitative estimate of drug-likeness (QED) is 0.685. The van der Waals surface area contributed by atoms with E-state index in [2.05, 4.69) is 27.1 Å². The van der Waals surface area contributed by atoms with Gasteiger partial charge in [0.2, 0.25) is 17.7 Å². The van der Waals surface area contributed by atoms with E-state index < -0.39 is 5.54 Å². The Morgan fingerprint density at radius 1 is 1.11 bits per heavy atom. The minimum absolute atomic E-state index is 0.0146. The summed E-state index contributed by atoms with van der Waals surface area (Å²) in [4.78, 5) is 51.0. The maximum Gasteiger partial charge on any atom is 0.243 e. The summed E-state index contributed by atoms with van der Waals surface area (Å²) in [5.41, 5.74) is 0.813. The largest absolute Gasteiger partial charge is 0.348 e. The van der Waals surface area contributed by atoms with Gasteiger partial charge in [-0.05, 0) is 56.8 Å². The fraction of sp³-hybridized carbons (Fsp3) is 0.692. The molecular weight excluding hydrogens is 444 g/mol. The number of nitrogens with zero attached hydrogens (tertiary/aromatic N) is 5. The van der Waals surface area contributed by atoms with Crippen molar-refractivity contribution in [2.45, 2.75) is 75.7 Å². The summed E-state index contributed by atoms with van der Waals surface area (Å²) in [6.45, 7) is 6.41. The van der Waals surface area contributed by atoms with Crippen LogP contribution in [0.1, 0.15) is 51.0 Å². The zero-order valence-electron chi connectivity index (χ0n) is 21.0. The molecule has 190 valence electrons. The van der Waals surface area contributed by atoms with Gasteiger partial charge in [-0.2, -0.15) is 0 Å². The van der Waals surface area contributed by atoms with E-state index >= 15 is 0 Å². The van der Waals surface area contributed by atoms with Crippen LogP contribution in [0.15, 0.2) is 24.5 Å². The zero-order chi connectivity index (χ0) is 24.6. The summed E-state index contributed by atoms with van der Waals surface area (Å²) in [5.74, 6) is 0.263. The first kappa shape index (κ1) is 24.2. The first-order chi connectivity index (χ1) is 16.8. The SMILES string of the molecule is CC(=O)N1CCC(N(C)[C@H]2C[C@H]3C(=O)NC4(CCN(Cc5ccncc5)CC4)CC(=O)N3C2)CC1. The van der Waals surface area contributed by atoms with Gasteiger partial charge in [-0.25, -0.2) is 0 Å². The maximum atomic E-state index is 13.4. The lowest BCUT2D eigenvalue weighted by Crippen LogP contribution is -2.56. The van der Waals surface area contributed by atoms with Gasteiger partial charge in [0.15, 0.2) is 0 Å². The van der Waals surface area contributed by atoms with E-state index in [9.17, 15) is 14.4 Å². The third-order valence-corrected chi connectivity index (χ3v) is 8.81. The number of fused-ring (bicyclic) bond motifs is 1. The Kier molecular flexibility index (Phi) is 6.81. The molecule has 9 heteroatoms. The van der Waals surface area contributed by atoms with Crippen molar-refractivity contribution in [2.24, 2.45) is 0 Å². The molecule has 4 aliphatic heterocycles. The molecule has 0 unspecified atom stereocenters. The number of likely N-dealkylation sites (N-methyl/N-ethyl adjacent to an activating group) is 1. The second-order valence-corrected chi connectivity index (χ2v) is 10.9. The summed E-state index contributed by atoms with van der Waals surface area (Å²) in [7, 11) is 2.12. The Bertz CT molecular complexity index is 912. The highest BCUT2D eigenvalue weighted by Crippen LogP contribution is 2.34. The standard InChI is InChI=1S/C26H38N6O3/c1-19(33)31-11-5-21(6-12-31)29(2)22-15-23-25(35)28-26(16-24(34)32(23)18-22)7-13-30(14-8-26)17-20-3-9-27-10-4-20/h3-4,9-10,21-23H,5-8,11-18H2,1-2H3,(H,28,35)/t22-,23-/m0/s1. The third-order valence-electron chi connectivity index (χ3n) is 8.81. The van der Waals surface area contributed by atoms with Crippen molar-refractivity contribution in [3.05, 3.63) is 30.1 Å². The van der Waals surface area contributed by atoms with Crippen LogP contribution >= 0.6 is 0 Å². The fourth-order valence-electron chi connectivity index (χ4n) is 6.49. The number of likely N-dealkylation sites (tertiary alicyclic amines) is 2. The Balaban J connectivity index is 1.18. The van der Waals surface area contributed by atoms with E-state index in [1.165, 1.54) is 5.56 Å². The van der Waals surface area contributed by atoms with Crippen LogP contribution in [-0.2, 0) is 20.9 Å². The van der Waals surface area contributed by atoms with Crippen molar-refractivity contribution in [1.82, 2.24) is 29.9 Å². The third kappa shape index (κ3) is 5.07. The average Bonchev–Trinajstić information content (AvgIpc) is 3.28. The molecular formula is C26H38N6O3. The Labute approximate surface area is 207 Å². The molecule has 3 amide bonds. The number of piperidine rings is 2. The Morgan fingerprint density at radius 2 is 1.80 bits per heavy atom. The molecule has 4 aliphatic rings. The lowest BCUT2D eigenvalue weighted by atomic mass is 9.84. The number of carbonyl (C=O) groups is 3. The fourth-order valence-corrected chi connectivity index (χ4v) is 6.49. The number of hydrogen-bond donors (Lipinski definition) is 1. The highest BCUT2D eigenvalue weighted by atomic mass is 16.2. The van der Waals surface area contributed by atoms with Gasteiger partial charge < -0.3 is 15.1 Å². The lowest BCUT2D eigenvalue weighted by Gasteiger charge is -2.41. The summed E-state index contributed by atoms with van der Waals surface area (Å²) in [6.07, 6.45) is 8.20. The molecule has 1 N–H and O–H groups in total. The van der Waals surface area contributed by atoms with Crippen molar-refractivity contribution in [3.8, 4) is 0 Å². The van der Waals surface area contributed by atoms with Gasteiger partial charge in [0, 0.05) is 70.7 Å². The second kappa shape index (κ2) is 9.85. The van der Waals surface area contributed by atoms with Gasteiger partial charge in [-0.1, -0.05) is 0 Å². The van der Waals surface area contributed by atoms with E-state index in [-0.39, 0.29) is 29.8 Å². The minimum atomic E-state index is -0.422. The Hall–Kier alpha value is -2.52. The predicted octanol–water partition coefficient (Wildman–Crippen LogP) is 0.848. The van der Waals surface area contributed by atoms with Crippen LogP contribution in [0.5, 0.6) is 0 Å². The number of hydrogen-bond acceptors (Lipinski definition) is 6. The van der Waals surface area contributed by atoms with Crippen molar-refractivity contribution in [2.75, 3.05) is 39.8 Å². The topological polar surface area (TPSA) is 89.1 Å². The number of carbonyl (C=O) groups excluding carboxylic acids is 3. The molecule has 0 aliphatic carbocycles. The molecule has 1 spiro atoms. The van der Waals surface area contributed by atoms with E-state index in [0.29, 0.717) is 25.4 Å². The number of pyridine rings is 1. The normalized spacial score (nSPS) is 27.7. The molecule has 35 heavy (non-hydrogen) atoms. The summed E-state index contributed by atoms with van der Waals surface area (Å²) in [5, 5.41) is 3.34. The maximum absolute atomic E-state index is 13.4. The van der Waals surface area contributed by atoms with Crippen LogP contribution in [0.25, 0.3) is 0 Å². The molecule has 0 saturated carbocycles. The molecule has 0 radical (unpaired) electrons. The van der Waals surface area contributed by atoms with Crippen LogP contribution < -0.4 is 5.32 Å². The van der Waals surface area contributed by atoms with Crippen LogP contribution in [0.2, 0.25) is 0 Å². The van der Waals surface area contributed by atoms with Gasteiger partial charge in [0.25, 0.3) is 0 Å². The van der Waals surface area contributed by atoms with E-state index in [1.54, 1.807) is 6.92 Å².